The summed E-state index contributed by atoms with van der Waals surface area (Å²) in [4.78, 5) is 0.539. The lowest BCUT2D eigenvalue weighted by atomic mass is 9.78. The van der Waals surface area contributed by atoms with Crippen molar-refractivity contribution >= 4 is 16.1 Å². The average Bonchev–Trinajstić information content (AvgIpc) is 2.51. The van der Waals surface area contributed by atoms with Gasteiger partial charge >= 0.3 is 0 Å². The zero-order valence-corrected chi connectivity index (χ0v) is 14.2. The fourth-order valence-corrected chi connectivity index (χ4v) is 5.18. The quantitative estimate of drug-likeness (QED) is 0.923. The van der Waals surface area contributed by atoms with Crippen LogP contribution in [0.4, 0.5) is 0 Å². The lowest BCUT2D eigenvalue weighted by Gasteiger charge is -2.34. The van der Waals surface area contributed by atoms with Gasteiger partial charge in [0.15, 0.2) is 0 Å². The number of allylic oxidation sites excluding steroid dienone is 1. The zero-order valence-electron chi connectivity index (χ0n) is 13.4. The summed E-state index contributed by atoms with van der Waals surface area (Å²) in [6.07, 6.45) is 6.52. The van der Waals surface area contributed by atoms with E-state index in [1.165, 1.54) is 12.0 Å². The molecule has 1 saturated carbocycles. The molecule has 0 amide bonds. The summed E-state index contributed by atoms with van der Waals surface area (Å²) < 4.78 is 28.5. The van der Waals surface area contributed by atoms with Crippen LogP contribution in [0.1, 0.15) is 50.7 Å². The Labute approximate surface area is 133 Å². The highest BCUT2D eigenvalue weighted by Crippen LogP contribution is 2.32. The minimum absolute atomic E-state index is 0.0758. The predicted molar refractivity (Wildman–Crippen MR) is 90.8 cm³/mol. The Bertz CT molecular complexity index is 678. The Morgan fingerprint density at radius 3 is 2.68 bits per heavy atom. The van der Waals surface area contributed by atoms with Crippen LogP contribution in [0.3, 0.4) is 0 Å². The van der Waals surface area contributed by atoms with Crippen LogP contribution in [-0.4, -0.2) is 14.5 Å². The molecule has 3 atom stereocenters. The monoisotopic (exact) mass is 319 g/mol. The van der Waals surface area contributed by atoms with Gasteiger partial charge < -0.3 is 0 Å². The van der Waals surface area contributed by atoms with E-state index in [0.29, 0.717) is 23.2 Å². The van der Waals surface area contributed by atoms with Crippen molar-refractivity contribution in [3.8, 4) is 0 Å². The minimum Gasteiger partial charge on any atom is -0.208 e. The highest BCUT2D eigenvalue weighted by Gasteiger charge is 2.32. The number of fused-ring (bicyclic) bond motifs is 1. The van der Waals surface area contributed by atoms with Crippen molar-refractivity contribution in [1.82, 2.24) is 4.72 Å². The molecule has 3 unspecified atom stereocenters. The van der Waals surface area contributed by atoms with Gasteiger partial charge in [-0.05, 0) is 48.3 Å². The van der Waals surface area contributed by atoms with E-state index in [9.17, 15) is 8.42 Å². The molecule has 0 bridgehead atoms. The number of nitrogens with one attached hydrogen (secondary N) is 1. The first-order valence-corrected chi connectivity index (χ1v) is 9.76. The number of hydrogen-bond acceptors (Lipinski definition) is 2. The lowest BCUT2D eigenvalue weighted by Crippen LogP contribution is -2.44. The Morgan fingerprint density at radius 2 is 1.86 bits per heavy atom. The summed E-state index contributed by atoms with van der Waals surface area (Å²) in [5.74, 6) is 0.988. The van der Waals surface area contributed by atoms with Crippen LogP contribution in [-0.2, 0) is 16.4 Å². The van der Waals surface area contributed by atoms with Crippen LogP contribution >= 0.6 is 0 Å². The summed E-state index contributed by atoms with van der Waals surface area (Å²) in [6, 6.07) is 8.12. The molecule has 120 valence electrons. The Kier molecular flexibility index (Phi) is 4.42. The number of sulfonamides is 1. The molecule has 0 aromatic heterocycles. The van der Waals surface area contributed by atoms with Crippen molar-refractivity contribution < 1.29 is 8.42 Å². The fourth-order valence-electron chi connectivity index (χ4n) is 3.64. The zero-order chi connectivity index (χ0) is 15.7. The van der Waals surface area contributed by atoms with Crippen LogP contribution in [0.2, 0.25) is 0 Å². The van der Waals surface area contributed by atoms with Gasteiger partial charge in [-0.3, -0.25) is 0 Å². The van der Waals surface area contributed by atoms with Crippen LogP contribution < -0.4 is 4.72 Å². The molecule has 22 heavy (non-hydrogen) atoms. The van der Waals surface area contributed by atoms with Crippen molar-refractivity contribution in [2.75, 3.05) is 0 Å². The maximum Gasteiger partial charge on any atom is 0.236 e. The molecule has 0 saturated heterocycles. The SMILES string of the molecule is CC1CCCC(NS(=O)(=O)C2=Cc3ccccc3CC2)C1C. The highest BCUT2D eigenvalue weighted by atomic mass is 32.2. The molecule has 0 aliphatic heterocycles. The molecular weight excluding hydrogens is 294 g/mol. The Morgan fingerprint density at radius 1 is 1.09 bits per heavy atom. The molecule has 3 nitrogen and oxygen atoms in total. The van der Waals surface area contributed by atoms with E-state index in [1.807, 2.05) is 24.3 Å². The number of aryl methyl sites for hydroxylation is 1. The van der Waals surface area contributed by atoms with Gasteiger partial charge in [0.2, 0.25) is 10.0 Å². The topological polar surface area (TPSA) is 46.2 Å². The predicted octanol–water partition coefficient (Wildman–Crippen LogP) is 3.72. The number of rotatable bonds is 3. The first-order chi connectivity index (χ1) is 10.5. The van der Waals surface area contributed by atoms with E-state index in [1.54, 1.807) is 0 Å². The third-order valence-electron chi connectivity index (χ3n) is 5.37. The van der Waals surface area contributed by atoms with Gasteiger partial charge in [-0.2, -0.15) is 0 Å². The first-order valence-electron chi connectivity index (χ1n) is 8.28. The molecule has 1 N–H and O–H groups in total. The van der Waals surface area contributed by atoms with Gasteiger partial charge in [0.05, 0.1) is 4.91 Å². The van der Waals surface area contributed by atoms with E-state index in [2.05, 4.69) is 24.6 Å². The molecule has 0 heterocycles. The number of hydrogen-bond donors (Lipinski definition) is 1. The lowest BCUT2D eigenvalue weighted by molar-refractivity contribution is 0.227. The van der Waals surface area contributed by atoms with Crippen molar-refractivity contribution in [2.45, 2.75) is 52.0 Å². The molecule has 2 aliphatic carbocycles. The van der Waals surface area contributed by atoms with E-state index in [4.69, 9.17) is 0 Å². The standard InChI is InChI=1S/C18H25NO2S/c1-13-6-5-9-18(14(13)2)19-22(20,21)17-11-10-15-7-3-4-8-16(15)12-17/h3-4,7-8,12-14,18-19H,5-6,9-11H2,1-2H3. The van der Waals surface area contributed by atoms with Crippen LogP contribution in [0, 0.1) is 11.8 Å². The van der Waals surface area contributed by atoms with Crippen molar-refractivity contribution in [2.24, 2.45) is 11.8 Å². The third-order valence-corrected chi connectivity index (χ3v) is 7.00. The second-order valence-corrected chi connectivity index (χ2v) is 8.57. The molecular formula is C18H25NO2S. The van der Waals surface area contributed by atoms with Crippen LogP contribution in [0.5, 0.6) is 0 Å². The molecule has 2 aliphatic rings. The molecule has 0 spiro atoms. The summed E-state index contributed by atoms with van der Waals surface area (Å²) in [5, 5.41) is 0. The maximum absolute atomic E-state index is 12.7. The maximum atomic E-state index is 12.7. The average molecular weight is 319 g/mol. The second-order valence-electron chi connectivity index (χ2n) is 6.80. The largest absolute Gasteiger partial charge is 0.236 e. The van der Waals surface area contributed by atoms with Gasteiger partial charge in [0, 0.05) is 6.04 Å². The summed E-state index contributed by atoms with van der Waals surface area (Å²) in [5.41, 5.74) is 2.28. The van der Waals surface area contributed by atoms with Crippen molar-refractivity contribution in [1.29, 1.82) is 0 Å². The molecule has 4 heteroatoms. The molecule has 0 radical (unpaired) electrons. The van der Waals surface area contributed by atoms with E-state index >= 15 is 0 Å². The van der Waals surface area contributed by atoms with Gasteiger partial charge in [-0.1, -0.05) is 51.0 Å². The smallest absolute Gasteiger partial charge is 0.208 e. The molecule has 1 fully saturated rings. The summed E-state index contributed by atoms with van der Waals surface area (Å²) >= 11 is 0. The van der Waals surface area contributed by atoms with E-state index in [0.717, 1.165) is 24.8 Å². The van der Waals surface area contributed by atoms with E-state index < -0.39 is 10.0 Å². The van der Waals surface area contributed by atoms with Gasteiger partial charge in [-0.15, -0.1) is 0 Å². The molecule has 3 rings (SSSR count). The van der Waals surface area contributed by atoms with Crippen molar-refractivity contribution in [3.05, 3.63) is 40.3 Å². The second kappa shape index (κ2) is 6.17. The Hall–Kier alpha value is -1.13. The molecule has 1 aromatic rings. The first kappa shape index (κ1) is 15.8. The summed E-state index contributed by atoms with van der Waals surface area (Å²) in [6.45, 7) is 4.39. The number of benzene rings is 1. The normalized spacial score (nSPS) is 28.8. The van der Waals surface area contributed by atoms with Gasteiger partial charge in [0.1, 0.15) is 0 Å². The Balaban J connectivity index is 1.81. The third kappa shape index (κ3) is 3.13. The van der Waals surface area contributed by atoms with Crippen LogP contribution in [0.15, 0.2) is 29.2 Å². The molecule has 1 aromatic carbocycles. The summed E-state index contributed by atoms with van der Waals surface area (Å²) in [7, 11) is -3.37. The van der Waals surface area contributed by atoms with Crippen LogP contribution in [0.25, 0.3) is 6.08 Å². The van der Waals surface area contributed by atoms with Crippen molar-refractivity contribution in [3.63, 3.8) is 0 Å². The highest BCUT2D eigenvalue weighted by molar-refractivity contribution is 7.93. The van der Waals surface area contributed by atoms with Gasteiger partial charge in [-0.25, -0.2) is 13.1 Å². The van der Waals surface area contributed by atoms with Gasteiger partial charge in [0.25, 0.3) is 0 Å². The minimum atomic E-state index is -3.37. The van der Waals surface area contributed by atoms with E-state index in [-0.39, 0.29) is 6.04 Å². The fraction of sp³-hybridized carbons (Fsp3) is 0.556.